The van der Waals surface area contributed by atoms with Crippen molar-refractivity contribution in [2.75, 3.05) is 52.3 Å². The number of hydrogen-bond acceptors (Lipinski definition) is 5. The van der Waals surface area contributed by atoms with E-state index in [4.69, 9.17) is 0 Å². The van der Waals surface area contributed by atoms with Gasteiger partial charge in [-0.15, -0.1) is 0 Å². The fourth-order valence-corrected chi connectivity index (χ4v) is 5.32. The van der Waals surface area contributed by atoms with Gasteiger partial charge in [0.05, 0.1) is 54.4 Å². The highest BCUT2D eigenvalue weighted by atomic mass is 19.1. The van der Waals surface area contributed by atoms with Crippen molar-refractivity contribution in [1.29, 1.82) is 5.26 Å². The van der Waals surface area contributed by atoms with Crippen molar-refractivity contribution in [3.8, 4) is 17.9 Å². The van der Waals surface area contributed by atoms with Gasteiger partial charge in [0.1, 0.15) is 6.67 Å². The van der Waals surface area contributed by atoms with Gasteiger partial charge in [0, 0.05) is 24.0 Å². The highest BCUT2D eigenvalue weighted by Gasteiger charge is 2.23. The lowest BCUT2D eigenvalue weighted by Crippen LogP contribution is -2.42. The zero-order chi connectivity index (χ0) is 29.4. The van der Waals surface area contributed by atoms with E-state index in [-0.39, 0.29) is 12.5 Å². The van der Waals surface area contributed by atoms with E-state index < -0.39 is 12.1 Å². The van der Waals surface area contributed by atoms with Gasteiger partial charge in [-0.25, -0.2) is 4.39 Å². The van der Waals surface area contributed by atoms with Crippen LogP contribution in [0.2, 0.25) is 0 Å². The number of likely N-dealkylation sites (N-methyl/N-ethyl adjacent to an activating group) is 1. The number of nitriles is 1. The van der Waals surface area contributed by atoms with Gasteiger partial charge in [-0.2, -0.15) is 5.26 Å². The predicted molar refractivity (Wildman–Crippen MR) is 162 cm³/mol. The molecule has 0 saturated carbocycles. The summed E-state index contributed by atoms with van der Waals surface area (Å²) in [6.07, 6.45) is 5.92. The van der Waals surface area contributed by atoms with E-state index in [0.29, 0.717) is 19.0 Å². The van der Waals surface area contributed by atoms with Crippen LogP contribution in [0.1, 0.15) is 50.1 Å². The summed E-state index contributed by atoms with van der Waals surface area (Å²) in [4.78, 5) is 20.7. The highest BCUT2D eigenvalue weighted by Crippen LogP contribution is 2.26. The summed E-state index contributed by atoms with van der Waals surface area (Å²) in [5, 5.41) is 13.6. The van der Waals surface area contributed by atoms with Gasteiger partial charge in [-0.3, -0.25) is 9.78 Å². The van der Waals surface area contributed by atoms with E-state index in [1.165, 1.54) is 5.56 Å². The van der Waals surface area contributed by atoms with Crippen molar-refractivity contribution in [3.05, 3.63) is 59.5 Å². The minimum Gasteiger partial charge on any atom is -0.373 e. The van der Waals surface area contributed by atoms with Crippen LogP contribution in [0.3, 0.4) is 0 Å². The number of fused-ring (bicyclic) bond motifs is 1. The minimum atomic E-state index is -0.632. The molecule has 1 aliphatic rings. The van der Waals surface area contributed by atoms with Gasteiger partial charge >= 0.3 is 0 Å². The molecule has 1 aromatic carbocycles. The van der Waals surface area contributed by atoms with Crippen LogP contribution in [0.5, 0.6) is 0 Å². The summed E-state index contributed by atoms with van der Waals surface area (Å²) < 4.78 is 15.4. The van der Waals surface area contributed by atoms with Crippen LogP contribution in [-0.4, -0.2) is 72.2 Å². The number of rotatable bonds is 10. The van der Waals surface area contributed by atoms with E-state index in [1.54, 1.807) is 6.20 Å². The van der Waals surface area contributed by atoms with Gasteiger partial charge in [-0.05, 0) is 101 Å². The first-order valence-electron chi connectivity index (χ1n) is 14.4. The fraction of sp³-hybridized carbons (Fsp3) is 0.485. The maximum Gasteiger partial charge on any atom is 0.236 e. The number of benzene rings is 1. The number of nitrogens with one attached hydrogen (secondary N) is 1. The molecule has 0 unspecified atom stereocenters. The van der Waals surface area contributed by atoms with Crippen molar-refractivity contribution in [1.82, 2.24) is 19.4 Å². The number of likely N-dealkylation sites (tertiary alicyclic amines) is 1. The number of carbonyl (C=O) groups is 1. The van der Waals surface area contributed by atoms with Gasteiger partial charge in [0.25, 0.3) is 0 Å². The second-order valence-corrected chi connectivity index (χ2v) is 11.7. The monoisotopic (exact) mass is 556 g/mol. The van der Waals surface area contributed by atoms with Crippen molar-refractivity contribution in [3.63, 3.8) is 0 Å². The molecule has 7 nitrogen and oxygen atoms in total. The maximum atomic E-state index is 13.4. The third-order valence-corrected chi connectivity index (χ3v) is 7.81. The maximum absolute atomic E-state index is 13.4. The summed E-state index contributed by atoms with van der Waals surface area (Å²) in [5.74, 6) is 7.22. The molecule has 1 amide bonds. The second-order valence-electron chi connectivity index (χ2n) is 11.7. The third-order valence-electron chi connectivity index (χ3n) is 7.81. The molecule has 4 rings (SSSR count). The number of piperidine rings is 1. The van der Waals surface area contributed by atoms with Crippen molar-refractivity contribution < 1.29 is 9.18 Å². The topological polar surface area (TPSA) is 77.2 Å². The van der Waals surface area contributed by atoms with Crippen molar-refractivity contribution in [2.24, 2.45) is 5.92 Å². The Bertz CT molecular complexity index is 1430. The highest BCUT2D eigenvalue weighted by molar-refractivity contribution is 5.83. The van der Waals surface area contributed by atoms with Crippen molar-refractivity contribution >= 4 is 22.5 Å². The molecule has 1 fully saturated rings. The van der Waals surface area contributed by atoms with Crippen LogP contribution >= 0.6 is 0 Å². The summed E-state index contributed by atoms with van der Waals surface area (Å²) in [6, 6.07) is 14.5. The number of halogens is 1. The predicted octanol–water partition coefficient (Wildman–Crippen LogP) is 5.00. The van der Waals surface area contributed by atoms with Crippen LogP contribution in [0.15, 0.2) is 42.6 Å². The Morgan fingerprint density at radius 3 is 2.63 bits per heavy atom. The molecule has 1 aliphatic heterocycles. The molecular weight excluding hydrogens is 515 g/mol. The fourth-order valence-electron chi connectivity index (χ4n) is 5.32. The summed E-state index contributed by atoms with van der Waals surface area (Å²) in [5.41, 5.74) is 4.00. The SMILES string of the molecule is CN(C)CC(=O)N1CCC(CCc2ccc3c(c2)cc(C#CCNc2ccc(C(C)(C)C#N)nc2)n3CCF)CC1. The van der Waals surface area contributed by atoms with Gasteiger partial charge in [0.2, 0.25) is 5.91 Å². The van der Waals surface area contributed by atoms with E-state index in [1.807, 2.05) is 54.4 Å². The molecule has 8 heteroatoms. The Morgan fingerprint density at radius 2 is 1.98 bits per heavy atom. The number of pyridine rings is 1. The molecule has 0 bridgehead atoms. The van der Waals surface area contributed by atoms with Crippen molar-refractivity contribution in [2.45, 2.75) is 51.5 Å². The average Bonchev–Trinajstić information content (AvgIpc) is 3.31. The zero-order valence-corrected chi connectivity index (χ0v) is 24.7. The first kappa shape index (κ1) is 30.1. The lowest BCUT2D eigenvalue weighted by atomic mass is 9.90. The molecule has 1 N–H and O–H groups in total. The lowest BCUT2D eigenvalue weighted by Gasteiger charge is -2.32. The molecule has 1 saturated heterocycles. The Balaban J connectivity index is 1.35. The normalized spacial score (nSPS) is 14.1. The molecule has 0 atom stereocenters. The largest absolute Gasteiger partial charge is 0.373 e. The minimum absolute atomic E-state index is 0.221. The van der Waals surface area contributed by atoms with Crippen LogP contribution in [0.4, 0.5) is 10.1 Å². The number of carbonyl (C=O) groups excluding carboxylic acids is 1. The Kier molecular flexibility index (Phi) is 10.0. The van der Waals surface area contributed by atoms with Crippen LogP contribution in [0.25, 0.3) is 10.9 Å². The number of anilines is 1. The summed E-state index contributed by atoms with van der Waals surface area (Å²) in [6.45, 7) is 6.09. The molecule has 3 heterocycles. The number of nitrogens with zero attached hydrogens (tertiary/aromatic N) is 5. The number of aromatic nitrogens is 2. The number of hydrogen-bond donors (Lipinski definition) is 1. The molecule has 216 valence electrons. The van der Waals surface area contributed by atoms with Crippen LogP contribution < -0.4 is 5.32 Å². The van der Waals surface area contributed by atoms with E-state index in [2.05, 4.69) is 52.5 Å². The van der Waals surface area contributed by atoms with Gasteiger partial charge in [-0.1, -0.05) is 12.0 Å². The molecule has 41 heavy (non-hydrogen) atoms. The van der Waals surface area contributed by atoms with Gasteiger partial charge in [0.15, 0.2) is 0 Å². The first-order chi connectivity index (χ1) is 19.7. The Hall–Kier alpha value is -3.88. The van der Waals surface area contributed by atoms with Crippen LogP contribution in [-0.2, 0) is 23.2 Å². The lowest BCUT2D eigenvalue weighted by molar-refractivity contribution is -0.133. The zero-order valence-electron chi connectivity index (χ0n) is 24.7. The Morgan fingerprint density at radius 1 is 1.20 bits per heavy atom. The molecular formula is C33H41FN6O. The van der Waals surface area contributed by atoms with Crippen LogP contribution in [0, 0.1) is 29.1 Å². The quantitative estimate of drug-likeness (QED) is 0.356. The molecule has 0 spiro atoms. The number of aryl methyl sites for hydroxylation is 2. The smallest absolute Gasteiger partial charge is 0.236 e. The summed E-state index contributed by atoms with van der Waals surface area (Å²) in [7, 11) is 3.86. The molecule has 3 aromatic rings. The van der Waals surface area contributed by atoms with E-state index in [0.717, 1.165) is 66.8 Å². The second kappa shape index (κ2) is 13.7. The first-order valence-corrected chi connectivity index (χ1v) is 14.4. The number of alkyl halides is 1. The Labute approximate surface area is 243 Å². The standard InChI is InChI=1S/C33H41FN6O/c1-33(2,24-35)31-12-10-28(22-37-31)36-16-5-6-29-21-27-20-26(9-11-30(27)40(29)19-15-34)8-7-25-13-17-39(18-14-25)32(41)23-38(3)4/h9-12,20-22,25,36H,7-8,13-19,23H2,1-4H3. The molecule has 2 aromatic heterocycles. The van der Waals surface area contributed by atoms with E-state index in [9.17, 15) is 14.4 Å². The molecule has 0 radical (unpaired) electrons. The summed E-state index contributed by atoms with van der Waals surface area (Å²) >= 11 is 0. The van der Waals surface area contributed by atoms with Gasteiger partial charge < -0.3 is 19.7 Å². The third kappa shape index (κ3) is 7.86. The molecule has 0 aliphatic carbocycles. The average molecular weight is 557 g/mol. The van der Waals surface area contributed by atoms with E-state index >= 15 is 0 Å². The number of amides is 1.